The van der Waals surface area contributed by atoms with Crippen LogP contribution in [-0.2, 0) is 6.18 Å². The van der Waals surface area contributed by atoms with Gasteiger partial charge in [-0.25, -0.2) is 0 Å². The van der Waals surface area contributed by atoms with Crippen molar-refractivity contribution in [3.05, 3.63) is 70.1 Å². The van der Waals surface area contributed by atoms with E-state index in [1.807, 2.05) is 30.3 Å². The maximum absolute atomic E-state index is 12.5. The minimum atomic E-state index is -4.27. The predicted molar refractivity (Wildman–Crippen MR) is 77.8 cm³/mol. The Morgan fingerprint density at radius 2 is 1.30 bits per heavy atom. The molecule has 0 radical (unpaired) electrons. The van der Waals surface area contributed by atoms with Crippen molar-refractivity contribution in [3.63, 3.8) is 0 Å². The van der Waals surface area contributed by atoms with Crippen LogP contribution in [0.1, 0.15) is 5.56 Å². The summed E-state index contributed by atoms with van der Waals surface area (Å²) in [6.07, 6.45) is -4.27. The first kappa shape index (κ1) is 15.4. The van der Waals surface area contributed by atoms with Gasteiger partial charge in [-0.2, -0.15) is 0 Å². The normalized spacial score (nSPS) is 11.3. The van der Waals surface area contributed by atoms with E-state index in [1.165, 1.54) is 4.46 Å². The molecule has 2 rings (SSSR count). The molecule has 0 nitrogen and oxygen atoms in total. The van der Waals surface area contributed by atoms with Crippen molar-refractivity contribution in [3.8, 4) is 0 Å². The average Bonchev–Trinajstić information content (AvgIpc) is 2.39. The Bertz CT molecular complexity index is 574. The van der Waals surface area contributed by atoms with Crippen LogP contribution in [0, 0.1) is 0 Å². The molecule has 2 aromatic rings. The van der Waals surface area contributed by atoms with Crippen LogP contribution in [0.5, 0.6) is 0 Å². The topological polar surface area (TPSA) is 0 Å². The van der Waals surface area contributed by atoms with Crippen LogP contribution in [0.25, 0.3) is 0 Å². The van der Waals surface area contributed by atoms with Gasteiger partial charge in [-0.1, -0.05) is 0 Å². The van der Waals surface area contributed by atoms with Gasteiger partial charge in [-0.15, -0.1) is 0 Å². The molecule has 2 aromatic carbocycles. The molecule has 0 bridgehead atoms. The van der Waals surface area contributed by atoms with Gasteiger partial charge in [0, 0.05) is 0 Å². The molecule has 0 fully saturated rings. The molecule has 0 saturated carbocycles. The fourth-order valence-corrected chi connectivity index (χ4v) is 6.41. The first-order valence-electron chi connectivity index (χ1n) is 5.72. The van der Waals surface area contributed by atoms with E-state index in [1.54, 1.807) is 12.1 Å². The van der Waals surface area contributed by atoms with Crippen molar-refractivity contribution in [2.24, 2.45) is 0 Å². The molecule has 0 N–H and O–H groups in total. The molecule has 104 valence electrons. The second-order valence-corrected chi connectivity index (χ2v) is 10.1. The first-order chi connectivity index (χ1) is 9.45. The molecule has 0 amide bonds. The van der Waals surface area contributed by atoms with Crippen LogP contribution in [-0.4, -0.2) is 29.9 Å². The third kappa shape index (κ3) is 4.53. The molecule has 0 aromatic heterocycles. The molecule has 0 saturated heterocycles. The molecule has 20 heavy (non-hydrogen) atoms. The number of hydrogen-bond acceptors (Lipinski definition) is 0. The van der Waals surface area contributed by atoms with Gasteiger partial charge < -0.3 is 0 Å². The fourth-order valence-electron chi connectivity index (χ4n) is 1.48. The molecule has 0 aliphatic heterocycles. The monoisotopic (exact) mass is 408 g/mol. The van der Waals surface area contributed by atoms with Crippen molar-refractivity contribution in [2.75, 3.05) is 0 Å². The summed E-state index contributed by atoms with van der Waals surface area (Å²) in [5.41, 5.74) is -0.601. The summed E-state index contributed by atoms with van der Waals surface area (Å²) in [7, 11) is 0. The first-order valence-corrected chi connectivity index (χ1v) is 9.15. The fraction of sp³-hybridized carbons (Fsp3) is 0.0667. The van der Waals surface area contributed by atoms with E-state index in [0.717, 1.165) is 20.0 Å². The molecule has 0 spiro atoms. The summed E-state index contributed by atoms with van der Waals surface area (Å²) in [6, 6.07) is 15.4. The Hall–Kier alpha value is -0.991. The molecule has 0 unspecified atom stereocenters. The van der Waals surface area contributed by atoms with E-state index in [9.17, 15) is 13.2 Å². The van der Waals surface area contributed by atoms with Gasteiger partial charge >= 0.3 is 128 Å². The van der Waals surface area contributed by atoms with E-state index < -0.39 is 11.7 Å². The molecule has 0 atom stereocenters. The Morgan fingerprint density at radius 3 is 1.80 bits per heavy atom. The van der Waals surface area contributed by atoms with Crippen molar-refractivity contribution in [2.45, 2.75) is 6.18 Å². The van der Waals surface area contributed by atoms with E-state index in [2.05, 4.69) is 6.58 Å². The Morgan fingerprint density at radius 1 is 0.800 bits per heavy atom. The summed E-state index contributed by atoms with van der Waals surface area (Å²) < 4.78 is 40.6. The van der Waals surface area contributed by atoms with Gasteiger partial charge in [0.05, 0.1) is 0 Å². The number of rotatable bonds is 4. The summed E-state index contributed by atoms with van der Waals surface area (Å²) in [5, 5.41) is 0. The third-order valence-corrected chi connectivity index (χ3v) is 7.29. The number of halogens is 3. The maximum atomic E-state index is 12.5. The predicted octanol–water partition coefficient (Wildman–Crippen LogP) is 2.54. The molecule has 5 heteroatoms. The quantitative estimate of drug-likeness (QED) is 0.685. The molecule has 0 heterocycles. The van der Waals surface area contributed by atoms with Crippen LogP contribution < -0.4 is 8.92 Å². The van der Waals surface area contributed by atoms with Crippen LogP contribution in [0.3, 0.4) is 0 Å². The second kappa shape index (κ2) is 6.64. The summed E-state index contributed by atoms with van der Waals surface area (Å²) in [4.78, 5) is 0. The zero-order chi connectivity index (χ0) is 14.6. The Kier molecular flexibility index (Phi) is 5.11. The van der Waals surface area contributed by atoms with E-state index in [0.29, 0.717) is 0 Å². The number of alkyl halides is 3. The zero-order valence-corrected chi connectivity index (χ0v) is 13.8. The summed E-state index contributed by atoms with van der Waals surface area (Å²) in [6.45, 7) is 4.05. The van der Waals surface area contributed by atoms with Gasteiger partial charge in [-0.05, 0) is 0 Å². The van der Waals surface area contributed by atoms with Gasteiger partial charge in [0.15, 0.2) is 0 Å². The third-order valence-electron chi connectivity index (χ3n) is 2.39. The van der Waals surface area contributed by atoms with Crippen molar-refractivity contribution >= 4 is 38.8 Å². The summed E-state index contributed by atoms with van der Waals surface area (Å²) in [5.74, 6) is 0. The standard InChI is InChI=1S/C15H11F3Se2/c1-11(19-13-5-3-2-4-6-13)20-14-9-7-12(8-10-14)15(16,17)18/h2-10H,1H2. The van der Waals surface area contributed by atoms with Crippen LogP contribution in [0.2, 0.25) is 0 Å². The van der Waals surface area contributed by atoms with Crippen LogP contribution in [0.4, 0.5) is 13.2 Å². The minimum absolute atomic E-state index is 0.0139. The second-order valence-electron chi connectivity index (χ2n) is 3.91. The van der Waals surface area contributed by atoms with Crippen molar-refractivity contribution in [1.82, 2.24) is 0 Å². The van der Waals surface area contributed by atoms with E-state index >= 15 is 0 Å². The summed E-state index contributed by atoms with van der Waals surface area (Å²) >= 11 is 0.184. The number of hydrogen-bond donors (Lipinski definition) is 0. The average molecular weight is 406 g/mol. The molecule has 0 aliphatic rings. The van der Waals surface area contributed by atoms with Gasteiger partial charge in [0.2, 0.25) is 0 Å². The molecular weight excluding hydrogens is 395 g/mol. The van der Waals surface area contributed by atoms with Crippen LogP contribution >= 0.6 is 0 Å². The molecular formula is C15H11F3Se2. The van der Waals surface area contributed by atoms with Crippen molar-refractivity contribution < 1.29 is 13.2 Å². The van der Waals surface area contributed by atoms with Crippen LogP contribution in [0.15, 0.2) is 64.5 Å². The Labute approximate surface area is 128 Å². The zero-order valence-electron chi connectivity index (χ0n) is 10.4. The van der Waals surface area contributed by atoms with E-state index in [-0.39, 0.29) is 29.9 Å². The van der Waals surface area contributed by atoms with Crippen molar-refractivity contribution in [1.29, 1.82) is 0 Å². The Balaban J connectivity index is 1.98. The molecule has 0 aliphatic carbocycles. The van der Waals surface area contributed by atoms with E-state index in [4.69, 9.17) is 0 Å². The van der Waals surface area contributed by atoms with Gasteiger partial charge in [0.25, 0.3) is 0 Å². The number of benzene rings is 2. The SMILES string of the molecule is C=C([Se]c1ccccc1)[Se]c1ccc(C(F)(F)F)cc1. The van der Waals surface area contributed by atoms with Gasteiger partial charge in [-0.3, -0.25) is 0 Å². The van der Waals surface area contributed by atoms with Gasteiger partial charge in [0.1, 0.15) is 0 Å².